The van der Waals surface area contributed by atoms with Crippen molar-refractivity contribution in [3.63, 3.8) is 0 Å². The molecule has 3 heteroatoms. The van der Waals surface area contributed by atoms with Gasteiger partial charge in [-0.1, -0.05) is 0 Å². The molecule has 1 aromatic carbocycles. The summed E-state index contributed by atoms with van der Waals surface area (Å²) in [6, 6.07) is 10.6. The molecule has 1 rings (SSSR count). The topological polar surface area (TPSA) is 9.23 Å². The summed E-state index contributed by atoms with van der Waals surface area (Å²) in [5.74, 6) is 0. The Morgan fingerprint density at radius 2 is 1.78 bits per heavy atom. The van der Waals surface area contributed by atoms with Crippen LogP contribution in [-0.2, 0) is 4.43 Å². The SMILES string of the molecule is C=C(C[C@H](C=C(C)C)O[Si](C)(C)C(C)(C)C)[Se]c1ccccc1. The molecule has 0 bridgehead atoms. The maximum absolute atomic E-state index is 6.63. The van der Waals surface area contributed by atoms with Crippen molar-refractivity contribution >= 4 is 27.7 Å². The molecule has 1 aromatic rings. The predicted molar refractivity (Wildman–Crippen MR) is 107 cm³/mol. The van der Waals surface area contributed by atoms with Crippen LogP contribution in [0.2, 0.25) is 18.1 Å². The van der Waals surface area contributed by atoms with Crippen LogP contribution in [0.25, 0.3) is 0 Å². The minimum atomic E-state index is -1.77. The van der Waals surface area contributed by atoms with Crippen LogP contribution in [0.5, 0.6) is 0 Å². The zero-order valence-electron chi connectivity index (χ0n) is 15.8. The van der Waals surface area contributed by atoms with Gasteiger partial charge in [0.05, 0.1) is 0 Å². The summed E-state index contributed by atoms with van der Waals surface area (Å²) in [6.07, 6.45) is 3.35. The summed E-state index contributed by atoms with van der Waals surface area (Å²) < 4.78 is 9.31. The zero-order chi connectivity index (χ0) is 17.7. The van der Waals surface area contributed by atoms with Crippen LogP contribution in [-0.4, -0.2) is 29.4 Å². The van der Waals surface area contributed by atoms with Gasteiger partial charge in [0, 0.05) is 0 Å². The van der Waals surface area contributed by atoms with Gasteiger partial charge in [-0.3, -0.25) is 0 Å². The second kappa shape index (κ2) is 8.48. The second-order valence-corrected chi connectivity index (χ2v) is 15.2. The molecule has 0 aromatic heterocycles. The molecule has 1 nitrogen and oxygen atoms in total. The van der Waals surface area contributed by atoms with Gasteiger partial charge in [0.15, 0.2) is 0 Å². The van der Waals surface area contributed by atoms with Gasteiger partial charge in [-0.2, -0.15) is 0 Å². The van der Waals surface area contributed by atoms with E-state index in [1.165, 1.54) is 14.5 Å². The predicted octanol–water partition coefficient (Wildman–Crippen LogP) is 5.28. The van der Waals surface area contributed by atoms with Gasteiger partial charge in [0.25, 0.3) is 0 Å². The Bertz CT molecular complexity index is 537. The molecule has 0 fully saturated rings. The van der Waals surface area contributed by atoms with Gasteiger partial charge in [0.1, 0.15) is 0 Å². The molecular formula is C20H32OSeSi. The Kier molecular flexibility index (Phi) is 7.54. The molecule has 0 saturated heterocycles. The first-order valence-corrected chi connectivity index (χ1v) is 12.9. The number of rotatable bonds is 7. The van der Waals surface area contributed by atoms with E-state index in [-0.39, 0.29) is 11.1 Å². The average Bonchev–Trinajstić information content (AvgIpc) is 2.36. The summed E-state index contributed by atoms with van der Waals surface area (Å²) >= 11 is 0.311. The molecule has 0 aliphatic heterocycles. The van der Waals surface area contributed by atoms with Gasteiger partial charge >= 0.3 is 150 Å². The molecule has 0 aliphatic carbocycles. The minimum absolute atomic E-state index is 0.152. The van der Waals surface area contributed by atoms with Crippen molar-refractivity contribution in [1.29, 1.82) is 0 Å². The van der Waals surface area contributed by atoms with E-state index in [4.69, 9.17) is 4.43 Å². The third-order valence-corrected chi connectivity index (χ3v) is 10.7. The van der Waals surface area contributed by atoms with E-state index in [1.54, 1.807) is 0 Å². The van der Waals surface area contributed by atoms with E-state index in [0.717, 1.165) is 6.42 Å². The first kappa shape index (κ1) is 20.4. The number of allylic oxidation sites excluding steroid dienone is 1. The third kappa shape index (κ3) is 7.22. The van der Waals surface area contributed by atoms with Crippen molar-refractivity contribution < 1.29 is 4.43 Å². The molecule has 0 aliphatic rings. The van der Waals surface area contributed by atoms with Gasteiger partial charge in [-0.05, 0) is 0 Å². The fourth-order valence-corrected chi connectivity index (χ4v) is 5.08. The molecule has 0 unspecified atom stereocenters. The van der Waals surface area contributed by atoms with Crippen molar-refractivity contribution in [2.75, 3.05) is 0 Å². The van der Waals surface area contributed by atoms with Gasteiger partial charge in [0.2, 0.25) is 0 Å². The molecule has 0 radical (unpaired) electrons. The van der Waals surface area contributed by atoms with Crippen molar-refractivity contribution in [2.24, 2.45) is 0 Å². The van der Waals surface area contributed by atoms with E-state index in [2.05, 4.69) is 90.7 Å². The molecular weight excluding hydrogens is 363 g/mol. The molecule has 23 heavy (non-hydrogen) atoms. The standard InChI is InChI=1S/C20H32OSeSi/c1-16(2)14-18(21-23(7,8)20(4,5)6)15-17(3)22-19-12-10-9-11-13-19/h9-14,18H,3,15H2,1-2,4-8H3/t18-/m0/s1. The number of benzene rings is 1. The fourth-order valence-electron chi connectivity index (χ4n) is 1.98. The molecule has 0 saturated carbocycles. The van der Waals surface area contributed by atoms with E-state index < -0.39 is 8.32 Å². The summed E-state index contributed by atoms with van der Waals surface area (Å²) in [7, 11) is -1.77. The molecule has 0 spiro atoms. The number of hydrogen-bond acceptors (Lipinski definition) is 1. The van der Waals surface area contributed by atoms with Crippen molar-refractivity contribution in [3.8, 4) is 0 Å². The molecule has 0 amide bonds. The van der Waals surface area contributed by atoms with Crippen LogP contribution in [0.1, 0.15) is 41.0 Å². The first-order chi connectivity index (χ1) is 10.5. The fraction of sp³-hybridized carbons (Fsp3) is 0.500. The summed E-state index contributed by atoms with van der Waals surface area (Å²) in [5, 5.41) is 0.229. The Labute approximate surface area is 150 Å². The average molecular weight is 396 g/mol. The van der Waals surface area contributed by atoms with Crippen LogP contribution in [0, 0.1) is 0 Å². The van der Waals surface area contributed by atoms with E-state index in [9.17, 15) is 0 Å². The Balaban J connectivity index is 2.79. The van der Waals surface area contributed by atoms with E-state index in [1.807, 2.05) is 0 Å². The van der Waals surface area contributed by atoms with Crippen molar-refractivity contribution in [1.82, 2.24) is 0 Å². The summed E-state index contributed by atoms with van der Waals surface area (Å²) in [4.78, 5) is 0. The molecule has 0 heterocycles. The quantitative estimate of drug-likeness (QED) is 0.451. The first-order valence-electron chi connectivity index (χ1n) is 8.25. The van der Waals surface area contributed by atoms with Gasteiger partial charge in [-0.25, -0.2) is 0 Å². The number of hydrogen-bond donors (Lipinski definition) is 0. The van der Waals surface area contributed by atoms with Crippen molar-refractivity contribution in [2.45, 2.75) is 65.3 Å². The van der Waals surface area contributed by atoms with Crippen LogP contribution in [0.15, 0.2) is 53.0 Å². The summed E-state index contributed by atoms with van der Waals surface area (Å²) in [6.45, 7) is 20.1. The van der Waals surface area contributed by atoms with Gasteiger partial charge < -0.3 is 0 Å². The third-order valence-electron chi connectivity index (χ3n) is 4.21. The molecule has 1 atom stereocenters. The second-order valence-electron chi connectivity index (χ2n) is 7.82. The molecule has 128 valence electrons. The Morgan fingerprint density at radius 3 is 2.26 bits per heavy atom. The van der Waals surface area contributed by atoms with Crippen LogP contribution in [0.4, 0.5) is 0 Å². The van der Waals surface area contributed by atoms with Crippen LogP contribution >= 0.6 is 0 Å². The van der Waals surface area contributed by atoms with E-state index in [0.29, 0.717) is 15.0 Å². The van der Waals surface area contributed by atoms with Crippen molar-refractivity contribution in [3.05, 3.63) is 53.0 Å². The van der Waals surface area contributed by atoms with Gasteiger partial charge in [-0.15, -0.1) is 0 Å². The maximum atomic E-state index is 6.63. The van der Waals surface area contributed by atoms with Crippen LogP contribution < -0.4 is 4.46 Å². The monoisotopic (exact) mass is 396 g/mol. The zero-order valence-corrected chi connectivity index (χ0v) is 18.5. The van der Waals surface area contributed by atoms with E-state index >= 15 is 0 Å². The Morgan fingerprint density at radius 1 is 1.22 bits per heavy atom. The normalized spacial score (nSPS) is 13.5. The van der Waals surface area contributed by atoms with Crippen LogP contribution in [0.3, 0.4) is 0 Å². The summed E-state index contributed by atoms with van der Waals surface area (Å²) in [5.41, 5.74) is 1.31. The molecule has 0 N–H and O–H groups in total. The Hall–Kier alpha value is -0.604.